The van der Waals surface area contributed by atoms with Crippen molar-refractivity contribution in [3.05, 3.63) is 21.9 Å². The molecular weight excluding hydrogens is 336 g/mol. The molecule has 0 spiro atoms. The minimum atomic E-state index is -0.302. The van der Waals surface area contributed by atoms with Crippen LogP contribution in [-0.4, -0.2) is 83.8 Å². The number of rotatable bonds is 4. The van der Waals surface area contributed by atoms with Gasteiger partial charge in [0.1, 0.15) is 6.04 Å². The Labute approximate surface area is 153 Å². The van der Waals surface area contributed by atoms with Crippen LogP contribution in [0.2, 0.25) is 0 Å². The number of nitrogens with zero attached hydrogens (tertiary/aromatic N) is 4. The molecule has 0 radical (unpaired) electrons. The molecule has 1 atom stereocenters. The van der Waals surface area contributed by atoms with Crippen molar-refractivity contribution >= 4 is 23.2 Å². The maximum Gasteiger partial charge on any atom is 0.246 e. The van der Waals surface area contributed by atoms with E-state index >= 15 is 0 Å². The van der Waals surface area contributed by atoms with Gasteiger partial charge in [-0.1, -0.05) is 0 Å². The molecule has 136 valence electrons. The van der Waals surface area contributed by atoms with Crippen molar-refractivity contribution in [1.29, 1.82) is 0 Å². The maximum atomic E-state index is 12.4. The van der Waals surface area contributed by atoms with Crippen molar-refractivity contribution in [2.45, 2.75) is 32.0 Å². The summed E-state index contributed by atoms with van der Waals surface area (Å²) in [6.07, 6.45) is 2.65. The normalized spacial score (nSPS) is 25.7. The van der Waals surface area contributed by atoms with E-state index in [9.17, 15) is 9.59 Å². The van der Waals surface area contributed by atoms with Crippen molar-refractivity contribution in [3.63, 3.8) is 0 Å². The Morgan fingerprint density at radius 2 is 1.68 bits per heavy atom. The molecule has 2 amide bonds. The van der Waals surface area contributed by atoms with Gasteiger partial charge in [0, 0.05) is 49.5 Å². The summed E-state index contributed by atoms with van der Waals surface area (Å²) >= 11 is 1.89. The van der Waals surface area contributed by atoms with E-state index in [1.165, 1.54) is 35.7 Å². The van der Waals surface area contributed by atoms with E-state index in [0.717, 1.165) is 19.6 Å². The van der Waals surface area contributed by atoms with Crippen molar-refractivity contribution in [1.82, 2.24) is 19.6 Å². The minimum Gasteiger partial charge on any atom is -0.335 e. The highest BCUT2D eigenvalue weighted by Crippen LogP contribution is 2.24. The first-order chi connectivity index (χ1) is 12.1. The first-order valence-electron chi connectivity index (χ1n) is 9.17. The number of hydrogen-bond donors (Lipinski definition) is 0. The third-order valence-electron chi connectivity index (χ3n) is 5.49. The van der Waals surface area contributed by atoms with Crippen LogP contribution in [0, 0.1) is 0 Å². The second-order valence-corrected chi connectivity index (χ2v) is 8.64. The highest BCUT2D eigenvalue weighted by atomic mass is 32.1. The van der Waals surface area contributed by atoms with Crippen LogP contribution in [0.15, 0.2) is 12.1 Å². The SMILES string of the molecule is CN1CC(=O)N2CCN(Cc3ccc(CN4CCCC4)s3)CC2C1=O. The van der Waals surface area contributed by atoms with Crippen LogP contribution >= 0.6 is 11.3 Å². The van der Waals surface area contributed by atoms with Crippen molar-refractivity contribution in [2.75, 3.05) is 46.3 Å². The lowest BCUT2D eigenvalue weighted by molar-refractivity contribution is -0.158. The fraction of sp³-hybridized carbons (Fsp3) is 0.667. The largest absolute Gasteiger partial charge is 0.335 e. The van der Waals surface area contributed by atoms with Gasteiger partial charge in [0.15, 0.2) is 0 Å². The quantitative estimate of drug-likeness (QED) is 0.796. The highest BCUT2D eigenvalue weighted by Gasteiger charge is 2.41. The number of carbonyl (C=O) groups excluding carboxylic acids is 2. The zero-order valence-electron chi connectivity index (χ0n) is 14.8. The van der Waals surface area contributed by atoms with Gasteiger partial charge in [0.2, 0.25) is 11.8 Å². The van der Waals surface area contributed by atoms with Crippen LogP contribution in [-0.2, 0) is 22.7 Å². The minimum absolute atomic E-state index is 0.0743. The topological polar surface area (TPSA) is 47.1 Å². The molecule has 0 bridgehead atoms. The highest BCUT2D eigenvalue weighted by molar-refractivity contribution is 7.11. The van der Waals surface area contributed by atoms with Gasteiger partial charge < -0.3 is 9.80 Å². The standard InChI is InChI=1S/C18H26N4O2S/c1-19-13-17(23)22-9-8-21(12-16(22)18(19)24)11-15-5-4-14(25-15)10-20-6-2-3-7-20/h4-5,16H,2-3,6-13H2,1H3. The molecule has 1 aromatic rings. The summed E-state index contributed by atoms with van der Waals surface area (Å²) in [5.41, 5.74) is 0. The third kappa shape index (κ3) is 3.59. The molecule has 7 heteroatoms. The number of fused-ring (bicyclic) bond motifs is 1. The van der Waals surface area contributed by atoms with E-state index in [1.54, 1.807) is 16.8 Å². The van der Waals surface area contributed by atoms with Crippen LogP contribution in [0.3, 0.4) is 0 Å². The lowest BCUT2D eigenvalue weighted by Crippen LogP contribution is -2.65. The fourth-order valence-electron chi connectivity index (χ4n) is 4.09. The van der Waals surface area contributed by atoms with Gasteiger partial charge in [0.25, 0.3) is 0 Å². The summed E-state index contributed by atoms with van der Waals surface area (Å²) in [5.74, 6) is 0.154. The smallest absolute Gasteiger partial charge is 0.246 e. The lowest BCUT2D eigenvalue weighted by Gasteiger charge is -2.45. The molecule has 0 aromatic carbocycles. The van der Waals surface area contributed by atoms with Gasteiger partial charge in [-0.2, -0.15) is 0 Å². The molecule has 1 unspecified atom stereocenters. The molecule has 0 N–H and O–H groups in total. The zero-order valence-corrected chi connectivity index (χ0v) is 15.6. The predicted molar refractivity (Wildman–Crippen MR) is 97.2 cm³/mol. The molecule has 3 fully saturated rings. The molecule has 4 rings (SSSR count). The predicted octanol–water partition coefficient (Wildman–Crippen LogP) is 0.829. The number of thiophene rings is 1. The molecule has 3 aliphatic rings. The monoisotopic (exact) mass is 362 g/mol. The summed E-state index contributed by atoms with van der Waals surface area (Å²) in [7, 11) is 1.72. The molecular formula is C18H26N4O2S. The average Bonchev–Trinajstić information content (AvgIpc) is 3.25. The van der Waals surface area contributed by atoms with E-state index in [4.69, 9.17) is 0 Å². The average molecular weight is 362 g/mol. The van der Waals surface area contributed by atoms with E-state index in [-0.39, 0.29) is 24.4 Å². The molecule has 0 aliphatic carbocycles. The van der Waals surface area contributed by atoms with Crippen molar-refractivity contribution < 1.29 is 9.59 Å². The number of carbonyl (C=O) groups is 2. The van der Waals surface area contributed by atoms with Crippen LogP contribution in [0.5, 0.6) is 0 Å². The van der Waals surface area contributed by atoms with E-state index in [2.05, 4.69) is 21.9 Å². The molecule has 25 heavy (non-hydrogen) atoms. The van der Waals surface area contributed by atoms with Crippen LogP contribution < -0.4 is 0 Å². The molecule has 6 nitrogen and oxygen atoms in total. The Morgan fingerprint density at radius 3 is 2.40 bits per heavy atom. The van der Waals surface area contributed by atoms with Gasteiger partial charge in [-0.05, 0) is 38.1 Å². The van der Waals surface area contributed by atoms with E-state index in [1.807, 2.05) is 11.3 Å². The number of likely N-dealkylation sites (tertiary alicyclic amines) is 1. The van der Waals surface area contributed by atoms with Crippen molar-refractivity contribution in [3.8, 4) is 0 Å². The van der Waals surface area contributed by atoms with E-state index in [0.29, 0.717) is 13.1 Å². The zero-order chi connectivity index (χ0) is 17.4. The van der Waals surface area contributed by atoms with Gasteiger partial charge in [-0.25, -0.2) is 0 Å². The Kier molecular flexibility index (Phi) is 4.80. The van der Waals surface area contributed by atoms with Crippen LogP contribution in [0.25, 0.3) is 0 Å². The third-order valence-corrected chi connectivity index (χ3v) is 6.55. The van der Waals surface area contributed by atoms with Crippen molar-refractivity contribution in [2.24, 2.45) is 0 Å². The molecule has 4 heterocycles. The van der Waals surface area contributed by atoms with Gasteiger partial charge >= 0.3 is 0 Å². The summed E-state index contributed by atoms with van der Waals surface area (Å²) in [6, 6.07) is 4.17. The molecule has 0 saturated carbocycles. The molecule has 3 saturated heterocycles. The molecule has 1 aromatic heterocycles. The van der Waals surface area contributed by atoms with Gasteiger partial charge in [-0.3, -0.25) is 19.4 Å². The Morgan fingerprint density at radius 1 is 1.00 bits per heavy atom. The Balaban J connectivity index is 1.36. The number of likely N-dealkylation sites (N-methyl/N-ethyl adjacent to an activating group) is 1. The number of hydrogen-bond acceptors (Lipinski definition) is 5. The fourth-order valence-corrected chi connectivity index (χ4v) is 5.20. The summed E-state index contributed by atoms with van der Waals surface area (Å²) < 4.78 is 0. The number of amides is 2. The maximum absolute atomic E-state index is 12.4. The summed E-state index contributed by atoms with van der Waals surface area (Å²) in [6.45, 7) is 6.77. The van der Waals surface area contributed by atoms with Gasteiger partial charge in [0.05, 0.1) is 6.54 Å². The molecule has 3 aliphatic heterocycles. The Bertz CT molecular complexity index is 655. The van der Waals surface area contributed by atoms with Crippen LogP contribution in [0.4, 0.5) is 0 Å². The van der Waals surface area contributed by atoms with Crippen LogP contribution in [0.1, 0.15) is 22.6 Å². The first kappa shape index (κ1) is 17.0. The van der Waals surface area contributed by atoms with E-state index < -0.39 is 0 Å². The number of piperazine rings is 2. The van der Waals surface area contributed by atoms with Gasteiger partial charge in [-0.15, -0.1) is 11.3 Å². The summed E-state index contributed by atoms with van der Waals surface area (Å²) in [5, 5.41) is 0. The Hall–Kier alpha value is -1.44. The second-order valence-electron chi connectivity index (χ2n) is 7.38. The summed E-state index contributed by atoms with van der Waals surface area (Å²) in [4.78, 5) is 35.5. The second kappa shape index (κ2) is 7.05. The first-order valence-corrected chi connectivity index (χ1v) is 9.98. The lowest BCUT2D eigenvalue weighted by atomic mass is 10.1.